The van der Waals surface area contributed by atoms with Crippen LogP contribution in [0.1, 0.15) is 5.56 Å². The molecule has 6 heteroatoms. The van der Waals surface area contributed by atoms with E-state index >= 15 is 0 Å². The Morgan fingerprint density at radius 1 is 1.38 bits per heavy atom. The maximum absolute atomic E-state index is 9.28. The summed E-state index contributed by atoms with van der Waals surface area (Å²) in [6.07, 6.45) is 0. The van der Waals surface area contributed by atoms with Crippen LogP contribution in [0.3, 0.4) is 0 Å². The van der Waals surface area contributed by atoms with Crippen LogP contribution in [-0.2, 0) is 6.54 Å². The fourth-order valence-corrected chi connectivity index (χ4v) is 1.31. The molecule has 1 aromatic carbocycles. The van der Waals surface area contributed by atoms with Crippen molar-refractivity contribution >= 4 is 0 Å². The summed E-state index contributed by atoms with van der Waals surface area (Å²) in [6, 6.07) is 2.71. The van der Waals surface area contributed by atoms with Gasteiger partial charge in [0.2, 0.25) is 0 Å². The number of nitrogens with one attached hydrogen (secondary N) is 1. The average molecular weight is 225 g/mol. The van der Waals surface area contributed by atoms with Crippen molar-refractivity contribution in [2.75, 3.05) is 7.05 Å². The molecular weight excluding hydrogens is 210 g/mol. The standard InChI is InChI=1S/C10H15N3O3/c1-6(11)12-13(2)5-7-3-8(14)10(16)9(15)4-7/h3-4,12,14-16H,1,5,11H2,2H3. The summed E-state index contributed by atoms with van der Waals surface area (Å²) >= 11 is 0. The Bertz CT molecular complexity index is 383. The molecule has 0 amide bonds. The van der Waals surface area contributed by atoms with Gasteiger partial charge in [0.25, 0.3) is 0 Å². The van der Waals surface area contributed by atoms with Crippen LogP contribution in [0.4, 0.5) is 0 Å². The van der Waals surface area contributed by atoms with Crippen molar-refractivity contribution in [3.05, 3.63) is 30.1 Å². The third kappa shape index (κ3) is 2.96. The minimum absolute atomic E-state index is 0.287. The first kappa shape index (κ1) is 12.0. The van der Waals surface area contributed by atoms with Crippen molar-refractivity contribution in [2.24, 2.45) is 5.73 Å². The minimum Gasteiger partial charge on any atom is -0.504 e. The molecule has 0 unspecified atom stereocenters. The first-order valence-corrected chi connectivity index (χ1v) is 4.56. The van der Waals surface area contributed by atoms with Gasteiger partial charge in [-0.15, -0.1) is 0 Å². The molecule has 16 heavy (non-hydrogen) atoms. The predicted molar refractivity (Wildman–Crippen MR) is 59.4 cm³/mol. The van der Waals surface area contributed by atoms with E-state index in [2.05, 4.69) is 12.0 Å². The molecule has 88 valence electrons. The monoisotopic (exact) mass is 225 g/mol. The van der Waals surface area contributed by atoms with E-state index in [0.29, 0.717) is 12.1 Å². The molecular formula is C10H15N3O3. The van der Waals surface area contributed by atoms with Gasteiger partial charge in [0, 0.05) is 13.6 Å². The molecule has 0 atom stereocenters. The molecule has 0 aromatic heterocycles. The van der Waals surface area contributed by atoms with E-state index in [1.165, 1.54) is 12.1 Å². The van der Waals surface area contributed by atoms with E-state index in [1.54, 1.807) is 12.1 Å². The topological polar surface area (TPSA) is 102 Å². The van der Waals surface area contributed by atoms with Crippen molar-refractivity contribution < 1.29 is 15.3 Å². The summed E-state index contributed by atoms with van der Waals surface area (Å²) < 4.78 is 0. The van der Waals surface area contributed by atoms with Gasteiger partial charge in [-0.05, 0) is 17.7 Å². The molecule has 0 aliphatic rings. The molecule has 6 N–H and O–H groups in total. The Morgan fingerprint density at radius 2 is 1.88 bits per heavy atom. The second-order valence-corrected chi connectivity index (χ2v) is 3.48. The highest BCUT2D eigenvalue weighted by atomic mass is 16.3. The molecule has 1 aromatic rings. The number of rotatable bonds is 4. The van der Waals surface area contributed by atoms with Crippen LogP contribution in [0, 0.1) is 0 Å². The lowest BCUT2D eigenvalue weighted by atomic mass is 10.2. The average Bonchev–Trinajstić information content (AvgIpc) is 2.12. The van der Waals surface area contributed by atoms with Gasteiger partial charge in [-0.1, -0.05) is 6.58 Å². The highest BCUT2D eigenvalue weighted by molar-refractivity contribution is 5.50. The van der Waals surface area contributed by atoms with E-state index in [4.69, 9.17) is 10.8 Å². The van der Waals surface area contributed by atoms with Gasteiger partial charge >= 0.3 is 0 Å². The van der Waals surface area contributed by atoms with Gasteiger partial charge in [0.15, 0.2) is 17.2 Å². The molecule has 0 bridgehead atoms. The Hall–Kier alpha value is -2.08. The molecule has 0 fully saturated rings. The lowest BCUT2D eigenvalue weighted by molar-refractivity contribution is 0.254. The minimum atomic E-state index is -0.525. The maximum atomic E-state index is 9.28. The largest absolute Gasteiger partial charge is 0.504 e. The fourth-order valence-electron chi connectivity index (χ4n) is 1.31. The van der Waals surface area contributed by atoms with Crippen LogP contribution in [-0.4, -0.2) is 27.4 Å². The number of hydrazine groups is 1. The molecule has 0 heterocycles. The number of benzene rings is 1. The van der Waals surface area contributed by atoms with Gasteiger partial charge in [0.05, 0.1) is 0 Å². The van der Waals surface area contributed by atoms with Gasteiger partial charge in [-0.3, -0.25) is 0 Å². The fraction of sp³-hybridized carbons (Fsp3) is 0.200. The van der Waals surface area contributed by atoms with Crippen LogP contribution < -0.4 is 11.2 Å². The number of nitrogens with two attached hydrogens (primary N) is 1. The number of phenolic OH excluding ortho intramolecular Hbond substituents is 3. The zero-order valence-corrected chi connectivity index (χ0v) is 8.94. The molecule has 0 aliphatic heterocycles. The van der Waals surface area contributed by atoms with Crippen molar-refractivity contribution in [3.8, 4) is 17.2 Å². The summed E-state index contributed by atoms with van der Waals surface area (Å²) in [5, 5.41) is 29.3. The van der Waals surface area contributed by atoms with Crippen LogP contribution in [0.5, 0.6) is 17.2 Å². The third-order valence-electron chi connectivity index (χ3n) is 1.88. The van der Waals surface area contributed by atoms with Gasteiger partial charge in [-0.25, -0.2) is 5.01 Å². The van der Waals surface area contributed by atoms with Crippen molar-refractivity contribution in [1.29, 1.82) is 0 Å². The lowest BCUT2D eigenvalue weighted by Crippen LogP contribution is -2.35. The Labute approximate surface area is 93.2 Å². The summed E-state index contributed by atoms with van der Waals surface area (Å²) in [6.45, 7) is 3.84. The Balaban J connectivity index is 2.78. The van der Waals surface area contributed by atoms with E-state index in [-0.39, 0.29) is 17.3 Å². The Morgan fingerprint density at radius 3 is 2.31 bits per heavy atom. The summed E-state index contributed by atoms with van der Waals surface area (Å²) in [4.78, 5) is 0. The van der Waals surface area contributed by atoms with Crippen molar-refractivity contribution in [1.82, 2.24) is 10.4 Å². The normalized spacial score (nSPS) is 10.4. The van der Waals surface area contributed by atoms with E-state index in [9.17, 15) is 10.2 Å². The number of hydrogen-bond donors (Lipinski definition) is 5. The van der Waals surface area contributed by atoms with Gasteiger partial charge in [-0.2, -0.15) is 0 Å². The van der Waals surface area contributed by atoms with Crippen LogP contribution >= 0.6 is 0 Å². The molecule has 1 rings (SSSR count). The Kier molecular flexibility index (Phi) is 3.47. The van der Waals surface area contributed by atoms with E-state index in [1.807, 2.05) is 0 Å². The van der Waals surface area contributed by atoms with E-state index < -0.39 is 5.75 Å². The third-order valence-corrected chi connectivity index (χ3v) is 1.88. The zero-order valence-electron chi connectivity index (χ0n) is 8.94. The molecule has 0 spiro atoms. The SMILES string of the molecule is C=C(N)NN(C)Cc1cc(O)c(O)c(O)c1. The molecule has 6 nitrogen and oxygen atoms in total. The highest BCUT2D eigenvalue weighted by Crippen LogP contribution is 2.35. The summed E-state index contributed by atoms with van der Waals surface area (Å²) in [5.74, 6) is -0.970. The number of nitrogens with zero attached hydrogens (tertiary/aromatic N) is 1. The maximum Gasteiger partial charge on any atom is 0.200 e. The van der Waals surface area contributed by atoms with E-state index in [0.717, 1.165) is 0 Å². The first-order valence-electron chi connectivity index (χ1n) is 4.56. The van der Waals surface area contributed by atoms with Crippen LogP contribution in [0.2, 0.25) is 0 Å². The van der Waals surface area contributed by atoms with Gasteiger partial charge in [0.1, 0.15) is 5.82 Å². The quantitative estimate of drug-likeness (QED) is 0.370. The molecule has 0 saturated carbocycles. The lowest BCUT2D eigenvalue weighted by Gasteiger charge is -2.19. The smallest absolute Gasteiger partial charge is 0.200 e. The highest BCUT2D eigenvalue weighted by Gasteiger charge is 2.09. The number of phenols is 3. The number of hydrogen-bond acceptors (Lipinski definition) is 6. The molecule has 0 aliphatic carbocycles. The van der Waals surface area contributed by atoms with Crippen molar-refractivity contribution in [2.45, 2.75) is 6.54 Å². The summed E-state index contributed by atoms with van der Waals surface area (Å²) in [7, 11) is 1.72. The second kappa shape index (κ2) is 4.63. The first-order chi connectivity index (χ1) is 7.40. The second-order valence-electron chi connectivity index (χ2n) is 3.48. The van der Waals surface area contributed by atoms with Crippen LogP contribution in [0.15, 0.2) is 24.5 Å². The predicted octanol–water partition coefficient (Wildman–Crippen LogP) is 0.170. The van der Waals surface area contributed by atoms with Gasteiger partial charge < -0.3 is 26.5 Å². The molecule has 0 radical (unpaired) electrons. The number of aromatic hydroxyl groups is 3. The summed E-state index contributed by atoms with van der Waals surface area (Å²) in [5.41, 5.74) is 8.70. The van der Waals surface area contributed by atoms with Crippen LogP contribution in [0.25, 0.3) is 0 Å². The van der Waals surface area contributed by atoms with Crippen molar-refractivity contribution in [3.63, 3.8) is 0 Å². The molecule has 0 saturated heterocycles. The zero-order chi connectivity index (χ0) is 12.3.